The van der Waals surface area contributed by atoms with Gasteiger partial charge in [-0.25, -0.2) is 13.1 Å². The largest absolute Gasteiger partial charge is 0.396 e. The number of methoxy groups -OCH3 is 1. The minimum Gasteiger partial charge on any atom is -0.396 e. The highest BCUT2D eigenvalue weighted by atomic mass is 35.5. The Labute approximate surface area is 124 Å². The summed E-state index contributed by atoms with van der Waals surface area (Å²) in [6, 6.07) is 6.34. The summed E-state index contributed by atoms with van der Waals surface area (Å²) in [5.41, 5.74) is 0.727. The number of aliphatic hydroxyl groups excluding tert-OH is 1. The van der Waals surface area contributed by atoms with E-state index in [1.165, 1.54) is 13.2 Å². The zero-order valence-corrected chi connectivity index (χ0v) is 12.7. The third kappa shape index (κ3) is 6.49. The normalized spacial score (nSPS) is 13.8. The molecule has 0 aliphatic carbocycles. The molecule has 0 spiro atoms. The van der Waals surface area contributed by atoms with Gasteiger partial charge >= 0.3 is 0 Å². The average molecular weight is 320 g/mol. The van der Waals surface area contributed by atoms with Crippen molar-refractivity contribution in [2.75, 3.05) is 20.3 Å². The van der Waals surface area contributed by atoms with Crippen LogP contribution in [-0.2, 0) is 14.8 Å². The molecule has 0 fully saturated rings. The fourth-order valence-corrected chi connectivity index (χ4v) is 2.74. The van der Waals surface area contributed by atoms with E-state index < -0.39 is 16.1 Å². The molecule has 0 saturated heterocycles. The molecule has 7 heteroatoms. The lowest BCUT2D eigenvalue weighted by Crippen LogP contribution is -2.37. The Balaban J connectivity index is 2.70. The number of aliphatic hydroxyl groups is 1. The van der Waals surface area contributed by atoms with E-state index in [9.17, 15) is 8.42 Å². The van der Waals surface area contributed by atoms with Crippen LogP contribution in [0, 0.1) is 0 Å². The first kappa shape index (κ1) is 17.1. The molecule has 1 aromatic carbocycles. The SMILES string of the molecule is COCC(CCO)NS(=O)(=O)/C=C/c1ccc(Cl)cc1. The minimum absolute atomic E-state index is 0.114. The lowest BCUT2D eigenvalue weighted by molar-refractivity contribution is 0.158. The maximum absolute atomic E-state index is 11.9. The Morgan fingerprint density at radius 2 is 2.05 bits per heavy atom. The highest BCUT2D eigenvalue weighted by Gasteiger charge is 2.14. The van der Waals surface area contributed by atoms with Gasteiger partial charge in [0, 0.05) is 30.2 Å². The van der Waals surface area contributed by atoms with Gasteiger partial charge in [-0.05, 0) is 30.2 Å². The Hall–Kier alpha value is -0.920. The Morgan fingerprint density at radius 3 is 2.60 bits per heavy atom. The summed E-state index contributed by atoms with van der Waals surface area (Å²) < 4.78 is 31.1. The summed E-state index contributed by atoms with van der Waals surface area (Å²) in [5.74, 6) is 0. The van der Waals surface area contributed by atoms with Crippen molar-refractivity contribution < 1.29 is 18.3 Å². The van der Waals surface area contributed by atoms with Crippen LogP contribution < -0.4 is 4.72 Å². The number of benzene rings is 1. The molecule has 0 saturated carbocycles. The van der Waals surface area contributed by atoms with Gasteiger partial charge in [0.2, 0.25) is 10.0 Å². The second kappa shape index (κ2) is 8.39. The molecule has 0 aromatic heterocycles. The molecule has 1 atom stereocenters. The average Bonchev–Trinajstić information content (AvgIpc) is 2.38. The predicted octanol–water partition coefficient (Wildman–Crippen LogP) is 1.63. The zero-order chi connectivity index (χ0) is 15.0. The molecule has 5 nitrogen and oxygen atoms in total. The van der Waals surface area contributed by atoms with Gasteiger partial charge in [-0.1, -0.05) is 23.7 Å². The van der Waals surface area contributed by atoms with Gasteiger partial charge < -0.3 is 9.84 Å². The highest BCUT2D eigenvalue weighted by molar-refractivity contribution is 7.92. The fourth-order valence-electron chi connectivity index (χ4n) is 1.55. The van der Waals surface area contributed by atoms with Gasteiger partial charge in [-0.2, -0.15) is 0 Å². The van der Waals surface area contributed by atoms with Crippen molar-refractivity contribution in [3.05, 3.63) is 40.3 Å². The van der Waals surface area contributed by atoms with E-state index in [0.29, 0.717) is 11.4 Å². The summed E-state index contributed by atoms with van der Waals surface area (Å²) in [5, 5.41) is 10.5. The number of hydrogen-bond donors (Lipinski definition) is 2. The molecule has 112 valence electrons. The standard InChI is InChI=1S/C13H18ClNO4S/c1-19-10-13(6-8-16)15-20(17,18)9-7-11-2-4-12(14)5-3-11/h2-5,7,9,13,15-16H,6,8,10H2,1H3/b9-7+. The molecule has 20 heavy (non-hydrogen) atoms. The van der Waals surface area contributed by atoms with Crippen molar-refractivity contribution in [1.29, 1.82) is 0 Å². The van der Waals surface area contributed by atoms with Crippen LogP contribution in [-0.4, -0.2) is 39.9 Å². The van der Waals surface area contributed by atoms with E-state index in [1.807, 2.05) is 0 Å². The van der Waals surface area contributed by atoms with Gasteiger partial charge in [0.05, 0.1) is 6.61 Å². The number of rotatable bonds is 8. The second-order valence-corrected chi connectivity index (χ2v) is 6.22. The lowest BCUT2D eigenvalue weighted by atomic mass is 10.2. The van der Waals surface area contributed by atoms with Crippen LogP contribution in [0.15, 0.2) is 29.7 Å². The molecular formula is C13H18ClNO4S. The Kier molecular flexibility index (Phi) is 7.18. The molecule has 1 aromatic rings. The predicted molar refractivity (Wildman–Crippen MR) is 79.9 cm³/mol. The van der Waals surface area contributed by atoms with E-state index in [2.05, 4.69) is 4.72 Å². The first-order valence-electron chi connectivity index (χ1n) is 6.02. The number of ether oxygens (including phenoxy) is 1. The van der Waals surface area contributed by atoms with E-state index in [0.717, 1.165) is 11.0 Å². The van der Waals surface area contributed by atoms with Crippen molar-refractivity contribution in [2.45, 2.75) is 12.5 Å². The van der Waals surface area contributed by atoms with E-state index in [4.69, 9.17) is 21.4 Å². The van der Waals surface area contributed by atoms with Crippen LogP contribution in [0.3, 0.4) is 0 Å². The molecule has 0 heterocycles. The maximum Gasteiger partial charge on any atom is 0.234 e. The first-order valence-corrected chi connectivity index (χ1v) is 7.95. The van der Waals surface area contributed by atoms with Crippen LogP contribution in [0.4, 0.5) is 0 Å². The molecule has 0 amide bonds. The topological polar surface area (TPSA) is 75.6 Å². The smallest absolute Gasteiger partial charge is 0.234 e. The molecule has 2 N–H and O–H groups in total. The van der Waals surface area contributed by atoms with E-state index in [1.54, 1.807) is 24.3 Å². The molecule has 1 unspecified atom stereocenters. The summed E-state index contributed by atoms with van der Waals surface area (Å²) in [7, 11) is -2.11. The molecule has 0 radical (unpaired) electrons. The van der Waals surface area contributed by atoms with Crippen molar-refractivity contribution in [1.82, 2.24) is 4.72 Å². The van der Waals surface area contributed by atoms with Gasteiger partial charge in [0.25, 0.3) is 0 Å². The summed E-state index contributed by atoms with van der Waals surface area (Å²) in [4.78, 5) is 0. The van der Waals surface area contributed by atoms with Crippen molar-refractivity contribution in [3.63, 3.8) is 0 Å². The van der Waals surface area contributed by atoms with Crippen LogP contribution in [0.2, 0.25) is 5.02 Å². The minimum atomic E-state index is -3.59. The summed E-state index contributed by atoms with van der Waals surface area (Å²) in [6.45, 7) is 0.0893. The van der Waals surface area contributed by atoms with Gasteiger partial charge in [0.1, 0.15) is 0 Å². The molecule has 0 aliphatic heterocycles. The molecule has 0 aliphatic rings. The van der Waals surface area contributed by atoms with E-state index in [-0.39, 0.29) is 13.2 Å². The van der Waals surface area contributed by atoms with Crippen molar-refractivity contribution >= 4 is 27.7 Å². The van der Waals surface area contributed by atoms with E-state index >= 15 is 0 Å². The summed E-state index contributed by atoms with van der Waals surface area (Å²) >= 11 is 5.75. The number of hydrogen-bond acceptors (Lipinski definition) is 4. The third-order valence-corrected chi connectivity index (χ3v) is 3.89. The first-order chi connectivity index (χ1) is 9.46. The van der Waals surface area contributed by atoms with Crippen LogP contribution in [0.25, 0.3) is 6.08 Å². The van der Waals surface area contributed by atoms with Crippen molar-refractivity contribution in [2.24, 2.45) is 0 Å². The van der Waals surface area contributed by atoms with Gasteiger partial charge in [-0.15, -0.1) is 0 Å². The number of sulfonamides is 1. The van der Waals surface area contributed by atoms with Crippen LogP contribution in [0.1, 0.15) is 12.0 Å². The second-order valence-electron chi connectivity index (χ2n) is 4.18. The lowest BCUT2D eigenvalue weighted by Gasteiger charge is -2.15. The highest BCUT2D eigenvalue weighted by Crippen LogP contribution is 2.11. The van der Waals surface area contributed by atoms with Gasteiger partial charge in [0.15, 0.2) is 0 Å². The fraction of sp³-hybridized carbons (Fsp3) is 0.385. The monoisotopic (exact) mass is 319 g/mol. The van der Waals surface area contributed by atoms with Crippen molar-refractivity contribution in [3.8, 4) is 0 Å². The Morgan fingerprint density at radius 1 is 1.40 bits per heavy atom. The number of nitrogens with one attached hydrogen (secondary N) is 1. The van der Waals surface area contributed by atoms with Crippen LogP contribution >= 0.6 is 11.6 Å². The van der Waals surface area contributed by atoms with Crippen LogP contribution in [0.5, 0.6) is 0 Å². The maximum atomic E-state index is 11.9. The number of halogens is 1. The molecule has 0 bridgehead atoms. The quantitative estimate of drug-likeness (QED) is 0.763. The molecule has 1 rings (SSSR count). The third-order valence-electron chi connectivity index (χ3n) is 2.49. The Bertz CT molecular complexity index is 522. The molecular weight excluding hydrogens is 302 g/mol. The summed E-state index contributed by atoms with van der Waals surface area (Å²) in [6.07, 6.45) is 1.77. The van der Waals surface area contributed by atoms with Gasteiger partial charge in [-0.3, -0.25) is 0 Å². The zero-order valence-electron chi connectivity index (χ0n) is 11.1.